The van der Waals surface area contributed by atoms with Crippen LogP contribution in [0.1, 0.15) is 69.2 Å². The maximum absolute atomic E-state index is 9.63. The average molecular weight is 598 g/mol. The van der Waals surface area contributed by atoms with E-state index in [0.29, 0.717) is 29.6 Å². The summed E-state index contributed by atoms with van der Waals surface area (Å²) in [5.41, 5.74) is 0. The van der Waals surface area contributed by atoms with Crippen LogP contribution in [0, 0.1) is 29.6 Å². The molecule has 215 valence electrons. The monoisotopic (exact) mass is 598 g/mol. The Morgan fingerprint density at radius 1 is 0.303 bits per heavy atom. The van der Waals surface area contributed by atoms with Gasteiger partial charge < -0.3 is 52.9 Å². The number of hydrogen-bond acceptors (Lipinski definition) is 5. The summed E-state index contributed by atoms with van der Waals surface area (Å²) < 4.78 is 0. The molecule has 0 heterocycles. The Kier molecular flexibility index (Phi) is 194. The van der Waals surface area contributed by atoms with Crippen molar-refractivity contribution in [3.63, 3.8) is 0 Å². The van der Waals surface area contributed by atoms with E-state index in [1.54, 1.807) is 0 Å². The van der Waals surface area contributed by atoms with Crippen molar-refractivity contribution >= 4 is 0 Å². The molecular formula is C20H45O10V3-15. The third kappa shape index (κ3) is 254. The molecule has 0 spiro atoms. The molecule has 0 unspecified atom stereocenters. The molecule has 0 bridgehead atoms. The van der Waals surface area contributed by atoms with Gasteiger partial charge in [-0.2, -0.15) is 0 Å². The molecule has 0 saturated heterocycles. The molecule has 0 N–H and O–H groups in total. The quantitative estimate of drug-likeness (QED) is 0.401. The van der Waals surface area contributed by atoms with Gasteiger partial charge >= 0.3 is 0 Å². The van der Waals surface area contributed by atoms with Gasteiger partial charge in [0, 0.05) is 55.7 Å². The first-order valence-corrected chi connectivity index (χ1v) is 9.26. The Hall–Kier alpha value is 1.35. The summed E-state index contributed by atoms with van der Waals surface area (Å²) >= 11 is 0. The van der Waals surface area contributed by atoms with E-state index in [9.17, 15) is 25.5 Å². The van der Waals surface area contributed by atoms with Gasteiger partial charge in [0.05, 0.1) is 0 Å². The van der Waals surface area contributed by atoms with Crippen LogP contribution in [-0.2, 0) is 83.0 Å². The molecule has 0 amide bonds. The van der Waals surface area contributed by atoms with E-state index in [1.165, 1.54) is 0 Å². The maximum atomic E-state index is 9.63. The van der Waals surface area contributed by atoms with Crippen LogP contribution in [0.4, 0.5) is 0 Å². The van der Waals surface area contributed by atoms with Crippen molar-refractivity contribution < 1.29 is 109 Å². The maximum Gasteiger partial charge on any atom is 0 e. The van der Waals surface area contributed by atoms with Crippen molar-refractivity contribution in [2.24, 2.45) is 29.6 Å². The van der Waals surface area contributed by atoms with Crippen LogP contribution in [-0.4, -0.2) is 33.0 Å². The molecular weight excluding hydrogens is 553 g/mol. The van der Waals surface area contributed by atoms with Crippen LogP contribution in [0.15, 0.2) is 0 Å². The van der Waals surface area contributed by atoms with Crippen molar-refractivity contribution in [1.29, 1.82) is 0 Å². The fourth-order valence-corrected chi connectivity index (χ4v) is 0. The number of hydrogen-bond donors (Lipinski definition) is 0. The Labute approximate surface area is 239 Å². The van der Waals surface area contributed by atoms with E-state index in [2.05, 4.69) is 0 Å². The van der Waals surface area contributed by atoms with Crippen LogP contribution in [0.25, 0.3) is 0 Å². The van der Waals surface area contributed by atoms with Gasteiger partial charge in [-0.3, -0.25) is 0 Å². The Balaban J connectivity index is -0.0000000130. The zero-order valence-corrected chi connectivity index (χ0v) is 26.0. The Morgan fingerprint density at radius 2 is 0.333 bits per heavy atom. The van der Waals surface area contributed by atoms with Crippen molar-refractivity contribution in [3.05, 3.63) is 0 Å². The molecule has 0 aliphatic carbocycles. The third-order valence-corrected chi connectivity index (χ3v) is 1.67. The summed E-state index contributed by atoms with van der Waals surface area (Å²) in [6.07, 6.45) is 0. The molecule has 0 aromatic heterocycles. The van der Waals surface area contributed by atoms with Gasteiger partial charge in [0.1, 0.15) is 0 Å². The van der Waals surface area contributed by atoms with E-state index in [4.69, 9.17) is 0 Å². The first kappa shape index (κ1) is 83.8. The van der Waals surface area contributed by atoms with E-state index < -0.39 is 0 Å². The molecule has 33 heavy (non-hydrogen) atoms. The fraction of sp³-hybridized carbons (Fsp3) is 1.00. The summed E-state index contributed by atoms with van der Waals surface area (Å²) in [7, 11) is 0. The predicted molar refractivity (Wildman–Crippen MR) is 102 cm³/mol. The molecule has 3 radical (unpaired) electrons. The largest absolute Gasteiger partial charge is 2.00 e. The van der Waals surface area contributed by atoms with E-state index in [-0.39, 0.29) is 116 Å². The predicted octanol–water partition coefficient (Wildman–Crippen LogP) is -0.588. The van der Waals surface area contributed by atoms with Gasteiger partial charge in [0.2, 0.25) is 0 Å². The molecule has 0 saturated carbocycles. The average Bonchev–Trinajstić information content (AvgIpc) is 2.56. The van der Waals surface area contributed by atoms with E-state index in [0.717, 1.165) is 0 Å². The summed E-state index contributed by atoms with van der Waals surface area (Å²) in [6.45, 7) is 19.4. The van der Waals surface area contributed by atoms with Crippen LogP contribution >= 0.6 is 0 Å². The van der Waals surface area contributed by atoms with Gasteiger partial charge in [0.25, 0.3) is 0 Å². The molecule has 13 heteroatoms. The Bertz CT molecular complexity index is 158. The zero-order valence-electron chi connectivity index (χ0n) is 21.8. The minimum absolute atomic E-state index is 0. The molecule has 0 aliphatic heterocycles. The zero-order chi connectivity index (χ0) is 21.4. The summed E-state index contributed by atoms with van der Waals surface area (Å²) in [4.78, 5) is 0. The Morgan fingerprint density at radius 3 is 0.333 bits per heavy atom. The molecule has 0 atom stereocenters. The SMILES string of the molecule is CC(C)C[O-].CC(C)C[O-].CC(C)C[O-].CC(C)C[O-].CC(C)C[O-].[O-2].[O-2].[O-2].[O-2].[O-2].[V].[V].[V]. The second-order valence-electron chi connectivity index (χ2n) is 7.80. The van der Waals surface area contributed by atoms with Gasteiger partial charge in [0.15, 0.2) is 0 Å². The standard InChI is InChI=1S/5C4H9O.5O.3V/c5*1-4(2)3-5;;;;;;;;/h5*4H,3H2,1-2H3;;;;;;;;/q5*-1;5*-2;;;. The summed E-state index contributed by atoms with van der Waals surface area (Å²) in [6, 6.07) is 0. The first-order chi connectivity index (χ1) is 11.4. The van der Waals surface area contributed by atoms with Crippen molar-refractivity contribution in [2.45, 2.75) is 69.2 Å². The molecule has 0 aromatic carbocycles. The topological polar surface area (TPSA) is 258 Å². The molecule has 10 nitrogen and oxygen atoms in total. The third-order valence-electron chi connectivity index (χ3n) is 1.67. The molecule has 0 aromatic rings. The second kappa shape index (κ2) is 76.6. The molecule has 0 fully saturated rings. The number of rotatable bonds is 5. The van der Waals surface area contributed by atoms with Crippen LogP contribution in [0.3, 0.4) is 0 Å². The first-order valence-electron chi connectivity index (χ1n) is 9.26. The second-order valence-corrected chi connectivity index (χ2v) is 7.80. The normalized spacial score (nSPS) is 7.27. The minimum Gasteiger partial charge on any atom is -2.00 e. The van der Waals surface area contributed by atoms with Gasteiger partial charge in [-0.25, -0.2) is 0 Å². The van der Waals surface area contributed by atoms with Crippen molar-refractivity contribution in [2.75, 3.05) is 33.0 Å². The van der Waals surface area contributed by atoms with E-state index in [1.807, 2.05) is 69.2 Å². The fourth-order valence-electron chi connectivity index (χ4n) is 0. The minimum atomic E-state index is 0. The van der Waals surface area contributed by atoms with Gasteiger partial charge in [-0.1, -0.05) is 98.8 Å². The van der Waals surface area contributed by atoms with Crippen molar-refractivity contribution in [1.82, 2.24) is 0 Å². The molecule has 0 aliphatic rings. The van der Waals surface area contributed by atoms with Crippen LogP contribution in [0.5, 0.6) is 0 Å². The van der Waals surface area contributed by atoms with Crippen molar-refractivity contribution in [3.8, 4) is 0 Å². The van der Waals surface area contributed by atoms with Crippen LogP contribution < -0.4 is 25.5 Å². The smallest absolute Gasteiger partial charge is 0 e. The van der Waals surface area contributed by atoms with Crippen LogP contribution in [0.2, 0.25) is 0 Å². The molecule has 0 rings (SSSR count). The van der Waals surface area contributed by atoms with E-state index >= 15 is 0 Å². The van der Waals surface area contributed by atoms with Gasteiger partial charge in [-0.05, 0) is 0 Å². The van der Waals surface area contributed by atoms with Gasteiger partial charge in [-0.15, -0.1) is 33.0 Å². The summed E-state index contributed by atoms with van der Waals surface area (Å²) in [5.74, 6) is 1.64. The summed E-state index contributed by atoms with van der Waals surface area (Å²) in [5, 5.41) is 48.1.